The van der Waals surface area contributed by atoms with Crippen molar-refractivity contribution in [3.63, 3.8) is 0 Å². The normalized spacial score (nSPS) is 17.4. The minimum atomic E-state index is 0.0579. The molecule has 0 radical (unpaired) electrons. The Balaban J connectivity index is 1.42. The second-order valence-electron chi connectivity index (χ2n) is 8.12. The molecular weight excluding hydrogens is 396 g/mol. The van der Waals surface area contributed by atoms with E-state index >= 15 is 0 Å². The number of para-hydroxylation sites is 1. The van der Waals surface area contributed by atoms with E-state index < -0.39 is 0 Å². The van der Waals surface area contributed by atoms with Crippen LogP contribution in [0.15, 0.2) is 59.4 Å². The number of hydrogen-bond acceptors (Lipinski definition) is 3. The number of nitrogens with zero attached hydrogens (tertiary/aromatic N) is 3. The standard InChI is InChI=1S/C24H29ClN4O/c1-18-23(24(30)29(27(18)2)22-8-4-3-5-9-22)15-26-21-7-6-14-28(17-21)16-19-10-12-20(25)13-11-19/h3-5,8-13,21,26H,6-7,14-17H2,1-2H3. The lowest BCUT2D eigenvalue weighted by atomic mass is 10.0. The Labute approximate surface area is 182 Å². The first-order chi connectivity index (χ1) is 14.5. The number of piperidine rings is 1. The second kappa shape index (κ2) is 9.21. The van der Waals surface area contributed by atoms with Gasteiger partial charge in [0.05, 0.1) is 11.3 Å². The van der Waals surface area contributed by atoms with Crippen LogP contribution in [0, 0.1) is 6.92 Å². The van der Waals surface area contributed by atoms with Gasteiger partial charge in [-0.15, -0.1) is 0 Å². The van der Waals surface area contributed by atoms with E-state index in [0.29, 0.717) is 12.6 Å². The summed E-state index contributed by atoms with van der Waals surface area (Å²) in [6, 6.07) is 18.3. The largest absolute Gasteiger partial charge is 0.308 e. The molecule has 0 bridgehead atoms. The minimum absolute atomic E-state index is 0.0579. The highest BCUT2D eigenvalue weighted by molar-refractivity contribution is 6.30. The summed E-state index contributed by atoms with van der Waals surface area (Å²) < 4.78 is 3.70. The number of aromatic nitrogens is 2. The summed E-state index contributed by atoms with van der Waals surface area (Å²) >= 11 is 6.00. The summed E-state index contributed by atoms with van der Waals surface area (Å²) in [5.41, 5.74) is 4.08. The molecule has 0 spiro atoms. The molecule has 1 aliphatic rings. The molecule has 158 valence electrons. The van der Waals surface area contributed by atoms with Crippen molar-refractivity contribution < 1.29 is 0 Å². The fourth-order valence-corrected chi connectivity index (χ4v) is 4.41. The summed E-state index contributed by atoms with van der Waals surface area (Å²) in [7, 11) is 1.95. The molecule has 6 heteroatoms. The highest BCUT2D eigenvalue weighted by atomic mass is 35.5. The smallest absolute Gasteiger partial charge is 0.276 e. The highest BCUT2D eigenvalue weighted by Gasteiger charge is 2.22. The highest BCUT2D eigenvalue weighted by Crippen LogP contribution is 2.17. The number of rotatable bonds is 6. The third-order valence-electron chi connectivity index (χ3n) is 6.07. The molecule has 30 heavy (non-hydrogen) atoms. The van der Waals surface area contributed by atoms with E-state index in [4.69, 9.17) is 11.6 Å². The average Bonchev–Trinajstić information content (AvgIpc) is 2.97. The molecule has 4 rings (SSSR count). The number of halogens is 1. The number of likely N-dealkylation sites (tertiary alicyclic amines) is 1. The third kappa shape index (κ3) is 4.53. The van der Waals surface area contributed by atoms with E-state index in [1.165, 1.54) is 5.56 Å². The maximum Gasteiger partial charge on any atom is 0.276 e. The SMILES string of the molecule is Cc1c(CNC2CCCN(Cc3ccc(Cl)cc3)C2)c(=O)n(-c2ccccc2)n1C. The van der Waals surface area contributed by atoms with E-state index in [0.717, 1.165) is 54.4 Å². The van der Waals surface area contributed by atoms with Crippen LogP contribution in [-0.4, -0.2) is 33.4 Å². The molecule has 1 fully saturated rings. The van der Waals surface area contributed by atoms with E-state index in [-0.39, 0.29) is 5.56 Å². The molecule has 0 amide bonds. The van der Waals surface area contributed by atoms with E-state index in [1.807, 2.05) is 61.1 Å². The topological polar surface area (TPSA) is 42.2 Å². The van der Waals surface area contributed by atoms with Crippen molar-refractivity contribution in [2.75, 3.05) is 13.1 Å². The second-order valence-corrected chi connectivity index (χ2v) is 8.56. The summed E-state index contributed by atoms with van der Waals surface area (Å²) in [6.07, 6.45) is 2.29. The van der Waals surface area contributed by atoms with Crippen LogP contribution < -0.4 is 10.9 Å². The fourth-order valence-electron chi connectivity index (χ4n) is 4.29. The van der Waals surface area contributed by atoms with E-state index in [2.05, 4.69) is 22.3 Å². The lowest BCUT2D eigenvalue weighted by Gasteiger charge is -2.33. The zero-order valence-electron chi connectivity index (χ0n) is 17.6. The van der Waals surface area contributed by atoms with Gasteiger partial charge in [0.15, 0.2) is 0 Å². The van der Waals surface area contributed by atoms with Gasteiger partial charge in [0.2, 0.25) is 0 Å². The molecule has 0 aliphatic carbocycles. The third-order valence-corrected chi connectivity index (χ3v) is 6.32. The molecule has 1 saturated heterocycles. The molecular formula is C24H29ClN4O. The van der Waals surface area contributed by atoms with Gasteiger partial charge in [0, 0.05) is 43.4 Å². The number of hydrogen-bond donors (Lipinski definition) is 1. The lowest BCUT2D eigenvalue weighted by molar-refractivity contribution is 0.182. The lowest BCUT2D eigenvalue weighted by Crippen LogP contribution is -2.45. The molecule has 3 aromatic rings. The van der Waals surface area contributed by atoms with E-state index in [1.54, 1.807) is 4.68 Å². The molecule has 1 aliphatic heterocycles. The van der Waals surface area contributed by atoms with Crippen LogP contribution in [0.2, 0.25) is 5.02 Å². The van der Waals surface area contributed by atoms with Crippen molar-refractivity contribution in [3.8, 4) is 5.69 Å². The van der Waals surface area contributed by atoms with Crippen molar-refractivity contribution in [3.05, 3.63) is 86.8 Å². The van der Waals surface area contributed by atoms with Gasteiger partial charge in [0.1, 0.15) is 0 Å². The summed E-state index contributed by atoms with van der Waals surface area (Å²) in [6.45, 7) is 5.64. The first kappa shape index (κ1) is 20.9. The zero-order chi connectivity index (χ0) is 21.1. The van der Waals surface area contributed by atoms with Gasteiger partial charge in [-0.25, -0.2) is 4.68 Å². The molecule has 2 heterocycles. The van der Waals surface area contributed by atoms with Gasteiger partial charge in [0.25, 0.3) is 5.56 Å². The van der Waals surface area contributed by atoms with Gasteiger partial charge in [-0.2, -0.15) is 0 Å². The maximum atomic E-state index is 13.1. The monoisotopic (exact) mass is 424 g/mol. The Morgan fingerprint density at radius 2 is 1.83 bits per heavy atom. The first-order valence-corrected chi connectivity index (χ1v) is 10.9. The van der Waals surface area contributed by atoms with Crippen molar-refractivity contribution in [1.82, 2.24) is 19.6 Å². The first-order valence-electron chi connectivity index (χ1n) is 10.6. The fraction of sp³-hybridized carbons (Fsp3) is 0.375. The summed E-state index contributed by atoms with van der Waals surface area (Å²) in [4.78, 5) is 15.6. The molecule has 1 N–H and O–H groups in total. The van der Waals surface area contributed by atoms with Crippen LogP contribution in [0.3, 0.4) is 0 Å². The summed E-state index contributed by atoms with van der Waals surface area (Å²) in [5.74, 6) is 0. The van der Waals surface area contributed by atoms with Crippen LogP contribution in [0.25, 0.3) is 5.69 Å². The van der Waals surface area contributed by atoms with Crippen LogP contribution in [0.4, 0.5) is 0 Å². The predicted octanol–water partition coefficient (Wildman–Crippen LogP) is 3.89. The van der Waals surface area contributed by atoms with E-state index in [9.17, 15) is 4.79 Å². The van der Waals surface area contributed by atoms with Crippen molar-refractivity contribution in [1.29, 1.82) is 0 Å². The van der Waals surface area contributed by atoms with Crippen LogP contribution in [-0.2, 0) is 20.1 Å². The van der Waals surface area contributed by atoms with Crippen molar-refractivity contribution >= 4 is 11.6 Å². The number of benzene rings is 2. The Morgan fingerprint density at radius 3 is 2.57 bits per heavy atom. The average molecular weight is 425 g/mol. The Kier molecular flexibility index (Phi) is 6.42. The molecule has 2 aromatic carbocycles. The molecule has 1 unspecified atom stereocenters. The number of nitrogens with one attached hydrogen (secondary N) is 1. The molecule has 0 saturated carbocycles. The molecule has 1 atom stereocenters. The minimum Gasteiger partial charge on any atom is -0.308 e. The molecule has 5 nitrogen and oxygen atoms in total. The van der Waals surface area contributed by atoms with Gasteiger partial charge >= 0.3 is 0 Å². The van der Waals surface area contributed by atoms with Crippen LogP contribution >= 0.6 is 11.6 Å². The predicted molar refractivity (Wildman–Crippen MR) is 122 cm³/mol. The van der Waals surface area contributed by atoms with Gasteiger partial charge < -0.3 is 5.32 Å². The Bertz CT molecular complexity index is 1040. The van der Waals surface area contributed by atoms with Crippen LogP contribution in [0.1, 0.15) is 29.7 Å². The van der Waals surface area contributed by atoms with Gasteiger partial charge in [-0.3, -0.25) is 14.4 Å². The van der Waals surface area contributed by atoms with Crippen molar-refractivity contribution in [2.45, 2.75) is 38.9 Å². The maximum absolute atomic E-state index is 13.1. The Hall–Kier alpha value is -2.34. The van der Waals surface area contributed by atoms with Gasteiger partial charge in [-0.1, -0.05) is 41.9 Å². The summed E-state index contributed by atoms with van der Waals surface area (Å²) in [5, 5.41) is 4.42. The van der Waals surface area contributed by atoms with Crippen molar-refractivity contribution in [2.24, 2.45) is 7.05 Å². The zero-order valence-corrected chi connectivity index (χ0v) is 18.4. The van der Waals surface area contributed by atoms with Crippen LogP contribution in [0.5, 0.6) is 0 Å². The van der Waals surface area contributed by atoms with Gasteiger partial charge in [-0.05, 0) is 56.1 Å². The molecule has 1 aromatic heterocycles. The quantitative estimate of drug-likeness (QED) is 0.652. The Morgan fingerprint density at radius 1 is 1.10 bits per heavy atom.